The van der Waals surface area contributed by atoms with Gasteiger partial charge in [-0.2, -0.15) is 0 Å². The number of hydrogen-bond donors (Lipinski definition) is 0. The molecule has 0 fully saturated rings. The number of hydrogen-bond acceptors (Lipinski definition) is 5. The van der Waals surface area contributed by atoms with Crippen molar-refractivity contribution in [3.63, 3.8) is 0 Å². The van der Waals surface area contributed by atoms with Gasteiger partial charge in [-0.15, -0.1) is 0 Å². The van der Waals surface area contributed by atoms with E-state index >= 15 is 0 Å². The summed E-state index contributed by atoms with van der Waals surface area (Å²) in [6, 6.07) is 9.69. The molecule has 1 aromatic carbocycles. The summed E-state index contributed by atoms with van der Waals surface area (Å²) in [7, 11) is 1.32. The number of thiazole rings is 1. The van der Waals surface area contributed by atoms with Crippen LogP contribution in [-0.4, -0.2) is 30.5 Å². The molecule has 23 heavy (non-hydrogen) atoms. The Morgan fingerprint density at radius 2 is 2.00 bits per heavy atom. The van der Waals surface area contributed by atoms with Crippen LogP contribution in [0.15, 0.2) is 42.6 Å². The van der Waals surface area contributed by atoms with Crippen molar-refractivity contribution in [3.05, 3.63) is 53.0 Å². The Balaban J connectivity index is 2.22. The van der Waals surface area contributed by atoms with Gasteiger partial charge in [0.25, 0.3) is 5.91 Å². The Morgan fingerprint density at radius 1 is 1.30 bits per heavy atom. The number of likely N-dealkylation sites (N-methyl/N-ethyl adjacent to an activating group) is 1. The maximum atomic E-state index is 12.5. The number of allylic oxidation sites excluding steroid dienone is 1. The molecule has 1 heterocycles. The van der Waals surface area contributed by atoms with Gasteiger partial charge in [0.05, 0.1) is 13.3 Å². The Hall–Kier alpha value is -2.47. The summed E-state index contributed by atoms with van der Waals surface area (Å²) in [6.07, 6.45) is 3.01. The monoisotopic (exact) mass is 330 g/mol. The van der Waals surface area contributed by atoms with Crippen LogP contribution in [0.1, 0.15) is 29.1 Å². The molecule has 0 aliphatic heterocycles. The average Bonchev–Trinajstić information content (AvgIpc) is 3.05. The highest BCUT2D eigenvalue weighted by Crippen LogP contribution is 2.24. The van der Waals surface area contributed by atoms with Crippen molar-refractivity contribution in [2.45, 2.75) is 13.8 Å². The van der Waals surface area contributed by atoms with E-state index in [2.05, 4.69) is 9.72 Å². The molecule has 0 saturated carbocycles. The fraction of sp³-hybridized carbons (Fsp3) is 0.235. The second-order valence-electron chi connectivity index (χ2n) is 4.77. The number of carbonyl (C=O) groups excluding carboxylic acids is 2. The smallest absolute Gasteiger partial charge is 0.349 e. The van der Waals surface area contributed by atoms with E-state index in [0.29, 0.717) is 16.6 Å². The standard InChI is InChI=1S/C17H18N2O3S/c1-4-19(17-18-11-14(23-17)16(21)22-3)15(20)10-12(2)13-8-6-5-7-9-13/h5-11H,4H2,1-3H3/b12-10+. The van der Waals surface area contributed by atoms with Gasteiger partial charge in [0, 0.05) is 12.6 Å². The summed E-state index contributed by atoms with van der Waals surface area (Å²) in [4.78, 5) is 30.1. The van der Waals surface area contributed by atoms with E-state index in [4.69, 9.17) is 0 Å². The maximum Gasteiger partial charge on any atom is 0.349 e. The summed E-state index contributed by atoms with van der Waals surface area (Å²) >= 11 is 1.14. The number of aromatic nitrogens is 1. The van der Waals surface area contributed by atoms with Crippen molar-refractivity contribution < 1.29 is 14.3 Å². The maximum absolute atomic E-state index is 12.5. The van der Waals surface area contributed by atoms with Gasteiger partial charge in [0.1, 0.15) is 4.88 Å². The molecule has 2 aromatic rings. The molecular formula is C17H18N2O3S. The van der Waals surface area contributed by atoms with Crippen LogP contribution in [0.5, 0.6) is 0 Å². The number of esters is 1. The first-order valence-electron chi connectivity index (χ1n) is 7.16. The molecule has 1 amide bonds. The largest absolute Gasteiger partial charge is 0.465 e. The van der Waals surface area contributed by atoms with Crippen LogP contribution in [0.2, 0.25) is 0 Å². The van der Waals surface area contributed by atoms with Crippen molar-refractivity contribution in [1.29, 1.82) is 0 Å². The third kappa shape index (κ3) is 4.04. The number of anilines is 1. The molecule has 0 saturated heterocycles. The van der Waals surface area contributed by atoms with Crippen LogP contribution in [0.3, 0.4) is 0 Å². The first kappa shape index (κ1) is 16.9. The molecule has 0 bridgehead atoms. The first-order valence-corrected chi connectivity index (χ1v) is 7.97. The number of amides is 1. The molecule has 0 atom stereocenters. The van der Waals surface area contributed by atoms with Gasteiger partial charge in [-0.05, 0) is 25.0 Å². The predicted molar refractivity (Wildman–Crippen MR) is 91.6 cm³/mol. The van der Waals surface area contributed by atoms with Gasteiger partial charge < -0.3 is 4.74 Å². The summed E-state index contributed by atoms with van der Waals surface area (Å²) in [5, 5.41) is 0.481. The quantitative estimate of drug-likeness (QED) is 0.623. The van der Waals surface area contributed by atoms with Gasteiger partial charge in [-0.25, -0.2) is 9.78 Å². The van der Waals surface area contributed by atoms with Crippen molar-refractivity contribution in [1.82, 2.24) is 4.98 Å². The Labute approximate surface area is 139 Å². The van der Waals surface area contributed by atoms with Crippen molar-refractivity contribution >= 4 is 33.9 Å². The molecule has 6 heteroatoms. The van der Waals surface area contributed by atoms with Crippen LogP contribution < -0.4 is 4.90 Å². The highest BCUT2D eigenvalue weighted by molar-refractivity contribution is 7.17. The normalized spacial score (nSPS) is 11.2. The Morgan fingerprint density at radius 3 is 2.61 bits per heavy atom. The van der Waals surface area contributed by atoms with Crippen LogP contribution in [-0.2, 0) is 9.53 Å². The predicted octanol–water partition coefficient (Wildman–Crippen LogP) is 3.39. The lowest BCUT2D eigenvalue weighted by Crippen LogP contribution is -2.28. The molecule has 0 spiro atoms. The third-order valence-electron chi connectivity index (χ3n) is 3.26. The molecule has 0 aliphatic rings. The van der Waals surface area contributed by atoms with Gasteiger partial charge in [0.2, 0.25) is 0 Å². The van der Waals surface area contributed by atoms with Gasteiger partial charge in [-0.3, -0.25) is 9.69 Å². The molecule has 0 N–H and O–H groups in total. The van der Waals surface area contributed by atoms with Crippen molar-refractivity contribution in [2.75, 3.05) is 18.6 Å². The summed E-state index contributed by atoms with van der Waals surface area (Å²) in [5.41, 5.74) is 1.87. The Bertz CT molecular complexity index is 722. The fourth-order valence-electron chi connectivity index (χ4n) is 2.02. The number of methoxy groups -OCH3 is 1. The van der Waals surface area contributed by atoms with E-state index in [0.717, 1.165) is 22.5 Å². The minimum absolute atomic E-state index is 0.167. The average molecular weight is 330 g/mol. The summed E-state index contributed by atoms with van der Waals surface area (Å²) < 4.78 is 4.66. The second-order valence-corrected chi connectivity index (χ2v) is 5.78. The number of benzene rings is 1. The lowest BCUT2D eigenvalue weighted by atomic mass is 10.1. The van der Waals surface area contributed by atoms with Crippen LogP contribution in [0.4, 0.5) is 5.13 Å². The van der Waals surface area contributed by atoms with Crippen LogP contribution in [0.25, 0.3) is 5.57 Å². The number of rotatable bonds is 5. The molecule has 0 unspecified atom stereocenters. The van der Waals surface area contributed by atoms with E-state index in [1.807, 2.05) is 44.2 Å². The lowest BCUT2D eigenvalue weighted by molar-refractivity contribution is -0.114. The van der Waals surface area contributed by atoms with E-state index in [-0.39, 0.29) is 5.91 Å². The molecule has 0 aliphatic carbocycles. The van der Waals surface area contributed by atoms with Gasteiger partial charge in [0.15, 0.2) is 5.13 Å². The molecule has 2 rings (SSSR count). The molecule has 0 radical (unpaired) electrons. The Kier molecular flexibility index (Phi) is 5.65. The van der Waals surface area contributed by atoms with Gasteiger partial charge >= 0.3 is 5.97 Å². The summed E-state index contributed by atoms with van der Waals surface area (Å²) in [6.45, 7) is 4.22. The van der Waals surface area contributed by atoms with E-state index in [9.17, 15) is 9.59 Å². The highest BCUT2D eigenvalue weighted by atomic mass is 32.1. The third-order valence-corrected chi connectivity index (χ3v) is 4.26. The minimum Gasteiger partial charge on any atom is -0.465 e. The lowest BCUT2D eigenvalue weighted by Gasteiger charge is -2.16. The second kappa shape index (κ2) is 7.69. The minimum atomic E-state index is -0.451. The van der Waals surface area contributed by atoms with Crippen LogP contribution >= 0.6 is 11.3 Å². The summed E-state index contributed by atoms with van der Waals surface area (Å²) in [5.74, 6) is -0.618. The molecular weight excluding hydrogens is 312 g/mol. The topological polar surface area (TPSA) is 59.5 Å². The van der Waals surface area contributed by atoms with Crippen LogP contribution in [0, 0.1) is 0 Å². The van der Waals surface area contributed by atoms with Crippen molar-refractivity contribution in [2.24, 2.45) is 0 Å². The first-order chi connectivity index (χ1) is 11.1. The van der Waals surface area contributed by atoms with E-state index in [1.165, 1.54) is 18.2 Å². The number of nitrogens with zero attached hydrogens (tertiary/aromatic N) is 2. The zero-order chi connectivity index (χ0) is 16.8. The molecule has 120 valence electrons. The zero-order valence-electron chi connectivity index (χ0n) is 13.3. The highest BCUT2D eigenvalue weighted by Gasteiger charge is 2.18. The molecule has 1 aromatic heterocycles. The number of ether oxygens (including phenoxy) is 1. The zero-order valence-corrected chi connectivity index (χ0v) is 14.1. The fourth-order valence-corrected chi connectivity index (χ4v) is 2.92. The number of carbonyl (C=O) groups is 2. The SMILES string of the molecule is CCN(C(=O)/C=C(\C)c1ccccc1)c1ncc(C(=O)OC)s1. The van der Waals surface area contributed by atoms with E-state index < -0.39 is 5.97 Å². The van der Waals surface area contributed by atoms with Gasteiger partial charge in [-0.1, -0.05) is 41.7 Å². The molecule has 5 nitrogen and oxygen atoms in total. The van der Waals surface area contributed by atoms with Crippen molar-refractivity contribution in [3.8, 4) is 0 Å². The van der Waals surface area contributed by atoms with E-state index in [1.54, 1.807) is 6.08 Å².